The average molecular weight is 341 g/mol. The van der Waals surface area contributed by atoms with Gasteiger partial charge in [0.05, 0.1) is 0 Å². The Bertz CT molecular complexity index is 698. The van der Waals surface area contributed by atoms with Crippen LogP contribution in [-0.2, 0) is 16.1 Å². The smallest absolute Gasteiger partial charge is 0.256 e. The van der Waals surface area contributed by atoms with Gasteiger partial charge in [0.1, 0.15) is 18.0 Å². The third kappa shape index (κ3) is 4.60. The first-order valence-electron chi connectivity index (χ1n) is 8.54. The Balaban J connectivity index is 2.13. The molecule has 0 radical (unpaired) electrons. The number of benzene rings is 2. The number of nitrogens with one attached hydrogen (secondary N) is 1. The van der Waals surface area contributed by atoms with Crippen molar-refractivity contribution in [3.05, 3.63) is 59.2 Å². The topological polar surface area (TPSA) is 47.6 Å². The molecule has 4 heteroatoms. The van der Waals surface area contributed by atoms with Crippen LogP contribution in [0.5, 0.6) is 5.75 Å². The Hall–Kier alpha value is -2.33. The van der Waals surface area contributed by atoms with Gasteiger partial charge >= 0.3 is 0 Å². The Morgan fingerprint density at radius 2 is 1.72 bits per heavy atom. The lowest BCUT2D eigenvalue weighted by atomic mass is 10.0. The lowest BCUT2D eigenvalue weighted by Crippen LogP contribution is -2.41. The molecule has 0 aliphatic carbocycles. The number of hydrogen-bond acceptors (Lipinski definition) is 3. The third-order valence-corrected chi connectivity index (χ3v) is 4.55. The van der Waals surface area contributed by atoms with Crippen molar-refractivity contribution < 1.29 is 14.3 Å². The molecule has 1 N–H and O–H groups in total. The summed E-state index contributed by atoms with van der Waals surface area (Å²) >= 11 is 0. The molecule has 0 aliphatic rings. The summed E-state index contributed by atoms with van der Waals surface area (Å²) in [5, 5.41) is 2.95. The van der Waals surface area contributed by atoms with E-state index in [1.54, 1.807) is 14.0 Å². The van der Waals surface area contributed by atoms with Crippen LogP contribution in [0.3, 0.4) is 0 Å². The molecule has 0 spiro atoms. The number of aryl methyl sites for hydroxylation is 2. The molecule has 1 unspecified atom stereocenters. The summed E-state index contributed by atoms with van der Waals surface area (Å²) in [6.45, 7) is 8.21. The van der Waals surface area contributed by atoms with Gasteiger partial charge in [0.2, 0.25) is 0 Å². The van der Waals surface area contributed by atoms with Crippen LogP contribution >= 0.6 is 0 Å². The van der Waals surface area contributed by atoms with Gasteiger partial charge in [-0.3, -0.25) is 4.79 Å². The summed E-state index contributed by atoms with van der Waals surface area (Å²) in [4.78, 5) is 12.4. The van der Waals surface area contributed by atoms with E-state index in [2.05, 4.69) is 5.32 Å². The van der Waals surface area contributed by atoms with E-state index in [-0.39, 0.29) is 5.91 Å². The van der Waals surface area contributed by atoms with E-state index in [4.69, 9.17) is 9.47 Å². The van der Waals surface area contributed by atoms with Crippen LogP contribution in [0, 0.1) is 13.8 Å². The van der Waals surface area contributed by atoms with Crippen molar-refractivity contribution in [2.24, 2.45) is 0 Å². The number of carbonyl (C=O) groups is 1. The summed E-state index contributed by atoms with van der Waals surface area (Å²) in [5.41, 5.74) is 3.02. The average Bonchev–Trinajstić information content (AvgIpc) is 2.61. The predicted octanol–water partition coefficient (Wildman–Crippen LogP) is 4.64. The van der Waals surface area contributed by atoms with E-state index in [1.165, 1.54) is 0 Å². The van der Waals surface area contributed by atoms with Crippen molar-refractivity contribution in [2.45, 2.75) is 46.3 Å². The molecule has 0 aliphatic heterocycles. The van der Waals surface area contributed by atoms with Crippen molar-refractivity contribution >= 4 is 11.6 Å². The molecule has 0 saturated heterocycles. The summed E-state index contributed by atoms with van der Waals surface area (Å²) in [6.07, 6.45) is 0.603. The Kier molecular flexibility index (Phi) is 6.21. The fraction of sp³-hybridized carbons (Fsp3) is 0.381. The zero-order valence-electron chi connectivity index (χ0n) is 15.7. The minimum Gasteiger partial charge on any atom is -0.488 e. The molecule has 1 atom stereocenters. The number of methoxy groups -OCH3 is 1. The van der Waals surface area contributed by atoms with E-state index in [9.17, 15) is 4.79 Å². The second-order valence-corrected chi connectivity index (χ2v) is 6.46. The highest BCUT2D eigenvalue weighted by Gasteiger charge is 2.31. The van der Waals surface area contributed by atoms with Gasteiger partial charge in [0.25, 0.3) is 5.91 Å². The molecule has 25 heavy (non-hydrogen) atoms. The summed E-state index contributed by atoms with van der Waals surface area (Å²) in [6, 6.07) is 13.9. The molecule has 0 saturated carbocycles. The standard InChI is InChI=1S/C21H27NO3/c1-6-21(4,24-5)20(23)22-18-12-15(2)19(16(3)13-18)25-14-17-10-8-7-9-11-17/h7-13H,6,14H2,1-5H3,(H,22,23). The van der Waals surface area contributed by atoms with Gasteiger partial charge in [0.15, 0.2) is 0 Å². The van der Waals surface area contributed by atoms with E-state index >= 15 is 0 Å². The van der Waals surface area contributed by atoms with Crippen molar-refractivity contribution in [1.29, 1.82) is 0 Å². The van der Waals surface area contributed by atoms with Gasteiger partial charge in [-0.25, -0.2) is 0 Å². The molecule has 4 nitrogen and oxygen atoms in total. The minimum absolute atomic E-state index is 0.144. The summed E-state index contributed by atoms with van der Waals surface area (Å²) in [7, 11) is 1.56. The van der Waals surface area contributed by atoms with Crippen LogP contribution in [-0.4, -0.2) is 18.6 Å². The largest absolute Gasteiger partial charge is 0.488 e. The molecule has 0 fully saturated rings. The number of amides is 1. The Morgan fingerprint density at radius 1 is 1.12 bits per heavy atom. The zero-order chi connectivity index (χ0) is 18.4. The number of carbonyl (C=O) groups excluding carboxylic acids is 1. The first-order chi connectivity index (χ1) is 11.9. The lowest BCUT2D eigenvalue weighted by molar-refractivity contribution is -0.136. The normalized spacial score (nSPS) is 13.2. The maximum absolute atomic E-state index is 12.4. The van der Waals surface area contributed by atoms with Crippen LogP contribution in [0.4, 0.5) is 5.69 Å². The fourth-order valence-electron chi connectivity index (χ4n) is 2.64. The number of ether oxygens (including phenoxy) is 2. The van der Waals surface area contributed by atoms with Gasteiger partial charge in [-0.05, 0) is 56.0 Å². The van der Waals surface area contributed by atoms with Crippen LogP contribution in [0.2, 0.25) is 0 Å². The summed E-state index contributed by atoms with van der Waals surface area (Å²) < 4.78 is 11.3. The number of hydrogen-bond donors (Lipinski definition) is 1. The molecule has 0 aromatic heterocycles. The monoisotopic (exact) mass is 341 g/mol. The number of anilines is 1. The second kappa shape index (κ2) is 8.17. The van der Waals surface area contributed by atoms with E-state index in [0.717, 1.165) is 28.1 Å². The summed E-state index contributed by atoms with van der Waals surface area (Å²) in [5.74, 6) is 0.709. The van der Waals surface area contributed by atoms with Crippen molar-refractivity contribution in [3.8, 4) is 5.75 Å². The van der Waals surface area contributed by atoms with Gasteiger partial charge in [-0.2, -0.15) is 0 Å². The Morgan fingerprint density at radius 3 is 2.24 bits per heavy atom. The molecule has 2 aromatic rings. The van der Waals surface area contributed by atoms with E-state index in [0.29, 0.717) is 13.0 Å². The lowest BCUT2D eigenvalue weighted by Gasteiger charge is -2.25. The molecule has 1 amide bonds. The molecule has 2 aromatic carbocycles. The molecule has 134 valence electrons. The first-order valence-corrected chi connectivity index (χ1v) is 8.54. The zero-order valence-corrected chi connectivity index (χ0v) is 15.7. The van der Waals surface area contributed by atoms with Crippen molar-refractivity contribution in [1.82, 2.24) is 0 Å². The number of rotatable bonds is 7. The highest BCUT2D eigenvalue weighted by Crippen LogP contribution is 2.29. The highest BCUT2D eigenvalue weighted by molar-refractivity contribution is 5.97. The van der Waals surface area contributed by atoms with Gasteiger partial charge in [0, 0.05) is 12.8 Å². The van der Waals surface area contributed by atoms with Gasteiger partial charge in [-0.1, -0.05) is 37.3 Å². The van der Waals surface area contributed by atoms with Gasteiger partial charge in [-0.15, -0.1) is 0 Å². The molecular weight excluding hydrogens is 314 g/mol. The van der Waals surface area contributed by atoms with Crippen molar-refractivity contribution in [3.63, 3.8) is 0 Å². The SMILES string of the molecule is CCC(C)(OC)C(=O)Nc1cc(C)c(OCc2ccccc2)c(C)c1. The quantitative estimate of drug-likeness (QED) is 0.798. The van der Waals surface area contributed by atoms with Gasteiger partial charge < -0.3 is 14.8 Å². The first kappa shape index (κ1) is 19.0. The maximum Gasteiger partial charge on any atom is 0.256 e. The van der Waals surface area contributed by atoms with Crippen LogP contribution in [0.15, 0.2) is 42.5 Å². The van der Waals surface area contributed by atoms with Crippen molar-refractivity contribution in [2.75, 3.05) is 12.4 Å². The molecule has 0 heterocycles. The van der Waals surface area contributed by atoms with E-state index < -0.39 is 5.60 Å². The highest BCUT2D eigenvalue weighted by atomic mass is 16.5. The van der Waals surface area contributed by atoms with Crippen LogP contribution in [0.25, 0.3) is 0 Å². The molecule has 2 rings (SSSR count). The fourth-order valence-corrected chi connectivity index (χ4v) is 2.64. The molecule has 0 bridgehead atoms. The minimum atomic E-state index is -0.829. The molecular formula is C21H27NO3. The van der Waals surface area contributed by atoms with Crippen LogP contribution < -0.4 is 10.1 Å². The second-order valence-electron chi connectivity index (χ2n) is 6.46. The maximum atomic E-state index is 12.4. The predicted molar refractivity (Wildman–Crippen MR) is 101 cm³/mol. The van der Waals surface area contributed by atoms with E-state index in [1.807, 2.05) is 63.2 Å². The van der Waals surface area contributed by atoms with Crippen LogP contribution in [0.1, 0.15) is 37.0 Å². The third-order valence-electron chi connectivity index (χ3n) is 4.55. The Labute approximate surface area is 150 Å².